The first-order valence-corrected chi connectivity index (χ1v) is 17.6. The molecule has 2 aromatic carbocycles. The van der Waals surface area contributed by atoms with Crippen molar-refractivity contribution in [2.24, 2.45) is 5.92 Å². The summed E-state index contributed by atoms with van der Waals surface area (Å²) >= 11 is 0. The summed E-state index contributed by atoms with van der Waals surface area (Å²) < 4.78 is 0. The molecule has 2 heterocycles. The number of hydrogen-bond donors (Lipinski definition) is 7. The van der Waals surface area contributed by atoms with E-state index in [1.807, 2.05) is 0 Å². The first-order chi connectivity index (χ1) is 25.2. The lowest BCUT2D eigenvalue weighted by atomic mass is 10.00. The van der Waals surface area contributed by atoms with Gasteiger partial charge in [-0.25, -0.2) is 0 Å². The molecule has 0 radical (unpaired) electrons. The van der Waals surface area contributed by atoms with Gasteiger partial charge in [0, 0.05) is 19.4 Å². The molecule has 0 aliphatic carbocycles. The Kier molecular flexibility index (Phi) is 14.0. The highest BCUT2D eigenvalue weighted by Crippen LogP contribution is 2.21. The van der Waals surface area contributed by atoms with Crippen molar-refractivity contribution in [2.45, 2.75) is 95.0 Å². The predicted molar refractivity (Wildman–Crippen MR) is 189 cm³/mol. The molecule has 2 aliphatic heterocycles. The van der Waals surface area contributed by atoms with E-state index in [9.17, 15) is 48.6 Å². The lowest BCUT2D eigenvalue weighted by Gasteiger charge is -2.31. The average Bonchev–Trinajstić information content (AvgIpc) is 3.60. The van der Waals surface area contributed by atoms with E-state index in [1.165, 1.54) is 4.90 Å². The predicted octanol–water partition coefficient (Wildman–Crippen LogP) is -0.104. The number of fused-ring (bicyclic) bond motifs is 1. The normalized spacial score (nSPS) is 24.8. The molecule has 7 N–H and O–H groups in total. The van der Waals surface area contributed by atoms with Crippen molar-refractivity contribution in [1.29, 1.82) is 0 Å². The molecular weight excluding hydrogens is 688 g/mol. The van der Waals surface area contributed by atoms with Crippen LogP contribution in [0, 0.1) is 5.92 Å². The summed E-state index contributed by atoms with van der Waals surface area (Å²) in [5, 5.41) is 32.1. The van der Waals surface area contributed by atoms with Gasteiger partial charge >= 0.3 is 11.9 Å². The molecule has 2 fully saturated rings. The zero-order valence-electron chi connectivity index (χ0n) is 29.6. The fraction of sp³-hybridized carbons (Fsp3) is 0.459. The van der Waals surface area contributed by atoms with E-state index in [1.54, 1.807) is 74.5 Å². The standard InChI is InChI=1S/C37H46N6O10/c1-21(2)16-24-32(48)40-27(19-30(44)45)35(51)39-25(17-22-10-5-3-6-11-22)34(50)42-28(20-31(46)47)37(53)43-15-9-14-29(43)36(52)41-26(33(49)38-24)18-23-12-7-4-8-13-23/h3-8,10-13,21,24-29H,9,14-20H2,1-2H3,(H,38,49)(H,39,51)(H,40,48)(H,41,52)(H,42,50)(H,44,45)(H,46,47)/t24-,25-,26-,27-,28-,29+/m0/s1. The van der Waals surface area contributed by atoms with Gasteiger partial charge in [-0.3, -0.25) is 38.4 Å². The van der Waals surface area contributed by atoms with Gasteiger partial charge in [0.2, 0.25) is 35.4 Å². The minimum atomic E-state index is -1.71. The highest BCUT2D eigenvalue weighted by atomic mass is 16.4. The Bertz CT molecular complexity index is 1670. The van der Waals surface area contributed by atoms with E-state index >= 15 is 0 Å². The van der Waals surface area contributed by atoms with Crippen molar-refractivity contribution >= 4 is 47.4 Å². The van der Waals surface area contributed by atoms with Gasteiger partial charge < -0.3 is 41.7 Å². The number of carbonyl (C=O) groups excluding carboxylic acids is 6. The summed E-state index contributed by atoms with van der Waals surface area (Å²) in [5.41, 5.74) is 1.24. The number of carboxylic acid groups (broad SMARTS) is 2. The van der Waals surface area contributed by atoms with Gasteiger partial charge in [0.15, 0.2) is 0 Å². The second-order valence-electron chi connectivity index (χ2n) is 13.7. The Hall–Kier alpha value is -5.80. The van der Waals surface area contributed by atoms with Crippen molar-refractivity contribution in [3.8, 4) is 0 Å². The molecular formula is C37H46N6O10. The maximum absolute atomic E-state index is 14.0. The Labute approximate surface area is 306 Å². The summed E-state index contributed by atoms with van der Waals surface area (Å²) in [4.78, 5) is 108. The first kappa shape index (κ1) is 40.0. The highest BCUT2D eigenvalue weighted by molar-refractivity contribution is 5.99. The van der Waals surface area contributed by atoms with Gasteiger partial charge in [-0.15, -0.1) is 0 Å². The van der Waals surface area contributed by atoms with E-state index in [0.29, 0.717) is 17.5 Å². The summed E-state index contributed by atoms with van der Waals surface area (Å²) in [7, 11) is 0. The van der Waals surface area contributed by atoms with Crippen LogP contribution in [0.3, 0.4) is 0 Å². The van der Waals surface area contributed by atoms with Crippen LogP contribution < -0.4 is 26.6 Å². The van der Waals surface area contributed by atoms with E-state index in [0.717, 1.165) is 0 Å². The summed E-state index contributed by atoms with van der Waals surface area (Å²) in [5.74, 6) is -8.15. The number of amides is 6. The SMILES string of the molecule is CC(C)C[C@@H]1NC(=O)[C@H](Cc2ccccc2)NC(=O)[C@H]2CCCN2C(=O)[C@H](CC(=O)O)NC(=O)[C@H](Cc2ccccc2)NC(=O)[C@H](CC(=O)O)NC1=O. The second-order valence-corrected chi connectivity index (χ2v) is 13.7. The quantitative estimate of drug-likeness (QED) is 0.171. The topological polar surface area (TPSA) is 240 Å². The minimum Gasteiger partial charge on any atom is -0.481 e. The van der Waals surface area contributed by atoms with E-state index < -0.39 is 96.5 Å². The van der Waals surface area contributed by atoms with Crippen molar-refractivity contribution < 1.29 is 48.6 Å². The Balaban J connectivity index is 1.78. The molecule has 0 spiro atoms. The molecule has 16 heteroatoms. The Morgan fingerprint density at radius 2 is 1.04 bits per heavy atom. The summed E-state index contributed by atoms with van der Waals surface area (Å²) in [6.45, 7) is 3.66. The number of aliphatic carboxylic acids is 2. The third-order valence-electron chi connectivity index (χ3n) is 9.01. The molecule has 284 valence electrons. The van der Waals surface area contributed by atoms with Gasteiger partial charge in [0.1, 0.15) is 36.3 Å². The van der Waals surface area contributed by atoms with Gasteiger partial charge in [-0.05, 0) is 36.3 Å². The van der Waals surface area contributed by atoms with Crippen molar-refractivity contribution in [3.63, 3.8) is 0 Å². The lowest BCUT2D eigenvalue weighted by molar-refractivity contribution is -0.146. The van der Waals surface area contributed by atoms with Crippen molar-refractivity contribution in [1.82, 2.24) is 31.5 Å². The van der Waals surface area contributed by atoms with Crippen LogP contribution in [-0.2, 0) is 51.2 Å². The second kappa shape index (κ2) is 18.6. The number of carboxylic acids is 2. The first-order valence-electron chi connectivity index (χ1n) is 17.6. The molecule has 4 rings (SSSR count). The molecule has 0 bridgehead atoms. The Morgan fingerprint density at radius 3 is 1.55 bits per heavy atom. The number of nitrogens with zero attached hydrogens (tertiary/aromatic N) is 1. The number of nitrogens with one attached hydrogen (secondary N) is 5. The van der Waals surface area contributed by atoms with Gasteiger partial charge in [-0.1, -0.05) is 74.5 Å². The van der Waals surface area contributed by atoms with Gasteiger partial charge in [0.05, 0.1) is 12.8 Å². The van der Waals surface area contributed by atoms with E-state index in [-0.39, 0.29) is 38.1 Å². The fourth-order valence-corrected chi connectivity index (χ4v) is 6.44. The molecule has 2 aromatic rings. The van der Waals surface area contributed by atoms with Crippen LogP contribution in [0.15, 0.2) is 60.7 Å². The van der Waals surface area contributed by atoms with Crippen molar-refractivity contribution in [3.05, 3.63) is 71.8 Å². The zero-order chi connectivity index (χ0) is 38.7. The Morgan fingerprint density at radius 1 is 0.623 bits per heavy atom. The van der Waals surface area contributed by atoms with E-state index in [4.69, 9.17) is 0 Å². The van der Waals surface area contributed by atoms with Gasteiger partial charge in [0.25, 0.3) is 0 Å². The van der Waals surface area contributed by atoms with Crippen LogP contribution in [0.25, 0.3) is 0 Å². The zero-order valence-corrected chi connectivity index (χ0v) is 29.6. The smallest absolute Gasteiger partial charge is 0.305 e. The summed E-state index contributed by atoms with van der Waals surface area (Å²) in [6.07, 6.45) is -1.23. The molecule has 0 unspecified atom stereocenters. The highest BCUT2D eigenvalue weighted by Gasteiger charge is 2.41. The van der Waals surface area contributed by atoms with Crippen molar-refractivity contribution in [2.75, 3.05) is 6.54 Å². The average molecular weight is 735 g/mol. The third kappa shape index (κ3) is 11.6. The molecule has 2 saturated heterocycles. The molecule has 2 aliphatic rings. The number of rotatable bonds is 10. The number of carbonyl (C=O) groups is 8. The van der Waals surface area contributed by atoms with Crippen LogP contribution in [0.1, 0.15) is 57.1 Å². The number of hydrogen-bond acceptors (Lipinski definition) is 8. The van der Waals surface area contributed by atoms with Crippen LogP contribution in [-0.4, -0.2) is 105 Å². The molecule has 0 saturated carbocycles. The summed E-state index contributed by atoms with van der Waals surface area (Å²) in [6, 6.07) is 8.77. The molecule has 0 aromatic heterocycles. The molecule has 16 nitrogen and oxygen atoms in total. The lowest BCUT2D eigenvalue weighted by Crippen LogP contribution is -2.62. The molecule has 6 amide bonds. The van der Waals surface area contributed by atoms with Crippen LogP contribution in [0.2, 0.25) is 0 Å². The van der Waals surface area contributed by atoms with Crippen LogP contribution in [0.4, 0.5) is 0 Å². The maximum Gasteiger partial charge on any atom is 0.305 e. The van der Waals surface area contributed by atoms with Crippen LogP contribution >= 0.6 is 0 Å². The van der Waals surface area contributed by atoms with Crippen LogP contribution in [0.5, 0.6) is 0 Å². The maximum atomic E-state index is 14.0. The van der Waals surface area contributed by atoms with E-state index in [2.05, 4.69) is 26.6 Å². The fourth-order valence-electron chi connectivity index (χ4n) is 6.44. The largest absolute Gasteiger partial charge is 0.481 e. The van der Waals surface area contributed by atoms with Gasteiger partial charge in [-0.2, -0.15) is 0 Å². The third-order valence-corrected chi connectivity index (χ3v) is 9.01. The minimum absolute atomic E-state index is 0.000355. The molecule has 6 atom stereocenters. The molecule has 53 heavy (non-hydrogen) atoms. The monoisotopic (exact) mass is 734 g/mol. The number of benzene rings is 2.